The Bertz CT molecular complexity index is 440. The summed E-state index contributed by atoms with van der Waals surface area (Å²) in [5.41, 5.74) is 1.17. The van der Waals surface area contributed by atoms with Gasteiger partial charge in [0.05, 0.1) is 14.2 Å². The maximum absolute atomic E-state index is 5.61. The van der Waals surface area contributed by atoms with E-state index < -0.39 is 0 Å². The molecule has 1 heterocycles. The second-order valence-corrected chi connectivity index (χ2v) is 6.03. The van der Waals surface area contributed by atoms with E-state index in [-0.39, 0.29) is 5.54 Å². The normalized spacial score (nSPS) is 23.8. The van der Waals surface area contributed by atoms with E-state index in [0.29, 0.717) is 0 Å². The number of nitrogens with one attached hydrogen (secondary N) is 1. The number of ether oxygens (including phenoxy) is 2. The van der Waals surface area contributed by atoms with Crippen molar-refractivity contribution in [3.63, 3.8) is 0 Å². The van der Waals surface area contributed by atoms with Gasteiger partial charge in [0.15, 0.2) is 0 Å². The van der Waals surface area contributed by atoms with Gasteiger partial charge in [0.25, 0.3) is 0 Å². The van der Waals surface area contributed by atoms with Crippen molar-refractivity contribution in [2.75, 3.05) is 20.8 Å². The van der Waals surface area contributed by atoms with E-state index in [1.807, 2.05) is 6.07 Å². The summed E-state index contributed by atoms with van der Waals surface area (Å²) < 4.78 is 11.8. The van der Waals surface area contributed by atoms with Gasteiger partial charge in [0.1, 0.15) is 16.0 Å². The minimum absolute atomic E-state index is 0.0311. The van der Waals surface area contributed by atoms with E-state index in [4.69, 9.17) is 9.47 Å². The molecule has 106 valence electrons. The molecule has 0 amide bonds. The summed E-state index contributed by atoms with van der Waals surface area (Å²) in [4.78, 5) is 0. The third kappa shape index (κ3) is 2.90. The van der Waals surface area contributed by atoms with Crippen LogP contribution in [0.4, 0.5) is 0 Å². The molecule has 0 aliphatic carbocycles. The lowest BCUT2D eigenvalue weighted by atomic mass is 9.87. The number of benzene rings is 1. The third-order valence-electron chi connectivity index (χ3n) is 3.95. The molecule has 0 radical (unpaired) electrons. The number of halogens is 1. The summed E-state index contributed by atoms with van der Waals surface area (Å²) in [6.07, 6.45) is 4.91. The summed E-state index contributed by atoms with van der Waals surface area (Å²) >= 11 is 3.58. The van der Waals surface area contributed by atoms with Crippen LogP contribution in [0, 0.1) is 0 Å². The van der Waals surface area contributed by atoms with Crippen LogP contribution in [0.25, 0.3) is 0 Å². The van der Waals surface area contributed by atoms with Crippen molar-refractivity contribution in [1.82, 2.24) is 5.32 Å². The molecule has 1 N–H and O–H groups in total. The first kappa shape index (κ1) is 14.7. The lowest BCUT2D eigenvalue weighted by molar-refractivity contribution is 0.327. The van der Waals surface area contributed by atoms with Crippen LogP contribution in [0.15, 0.2) is 16.6 Å². The molecule has 1 unspecified atom stereocenters. The molecule has 19 heavy (non-hydrogen) atoms. The number of rotatable bonds is 3. The van der Waals surface area contributed by atoms with Crippen LogP contribution >= 0.6 is 15.9 Å². The van der Waals surface area contributed by atoms with Gasteiger partial charge in [-0.05, 0) is 54.4 Å². The Kier molecular flexibility index (Phi) is 4.74. The Hall–Kier alpha value is -0.740. The van der Waals surface area contributed by atoms with Crippen LogP contribution in [0.1, 0.15) is 38.2 Å². The van der Waals surface area contributed by atoms with Crippen molar-refractivity contribution in [1.29, 1.82) is 0 Å². The maximum Gasteiger partial charge on any atom is 0.141 e. The zero-order valence-corrected chi connectivity index (χ0v) is 13.5. The summed E-state index contributed by atoms with van der Waals surface area (Å²) in [7, 11) is 3.38. The monoisotopic (exact) mass is 327 g/mol. The number of methoxy groups -OCH3 is 2. The van der Waals surface area contributed by atoms with Crippen LogP contribution in [0.5, 0.6) is 11.5 Å². The molecule has 1 fully saturated rings. The van der Waals surface area contributed by atoms with Gasteiger partial charge in [-0.3, -0.25) is 0 Å². The van der Waals surface area contributed by atoms with Gasteiger partial charge in [-0.15, -0.1) is 0 Å². The molecule has 0 bridgehead atoms. The fraction of sp³-hybridized carbons (Fsp3) is 0.600. The molecule has 1 aliphatic rings. The van der Waals surface area contributed by atoms with Crippen LogP contribution in [-0.4, -0.2) is 20.8 Å². The summed E-state index contributed by atoms with van der Waals surface area (Å²) in [6, 6.07) is 4.11. The van der Waals surface area contributed by atoms with Crippen LogP contribution in [0.2, 0.25) is 0 Å². The number of hydrogen-bond donors (Lipinski definition) is 1. The Morgan fingerprint density at radius 1 is 1.16 bits per heavy atom. The zero-order valence-electron chi connectivity index (χ0n) is 11.9. The van der Waals surface area contributed by atoms with E-state index in [1.165, 1.54) is 24.8 Å². The second-order valence-electron chi connectivity index (χ2n) is 5.23. The molecule has 2 rings (SSSR count). The summed E-state index contributed by atoms with van der Waals surface area (Å²) in [6.45, 7) is 3.32. The maximum atomic E-state index is 5.61. The molecule has 1 saturated heterocycles. The molecular weight excluding hydrogens is 306 g/mol. The molecular formula is C15H22BrNO2. The first-order valence-electron chi connectivity index (χ1n) is 6.78. The highest BCUT2D eigenvalue weighted by Crippen LogP contribution is 2.43. The van der Waals surface area contributed by atoms with E-state index in [2.05, 4.69) is 34.2 Å². The molecule has 0 aromatic heterocycles. The van der Waals surface area contributed by atoms with Crippen molar-refractivity contribution >= 4 is 15.9 Å². The highest BCUT2D eigenvalue weighted by molar-refractivity contribution is 9.10. The average Bonchev–Trinajstić information content (AvgIpc) is 2.64. The van der Waals surface area contributed by atoms with E-state index >= 15 is 0 Å². The zero-order chi connectivity index (χ0) is 13.9. The highest BCUT2D eigenvalue weighted by atomic mass is 79.9. The Labute approximate surface area is 123 Å². The van der Waals surface area contributed by atoms with Gasteiger partial charge in [0, 0.05) is 11.1 Å². The molecule has 1 atom stereocenters. The highest BCUT2D eigenvalue weighted by Gasteiger charge is 2.31. The first-order chi connectivity index (χ1) is 9.12. The predicted molar refractivity (Wildman–Crippen MR) is 81.1 cm³/mol. The van der Waals surface area contributed by atoms with Crippen molar-refractivity contribution < 1.29 is 9.47 Å². The van der Waals surface area contributed by atoms with Gasteiger partial charge >= 0.3 is 0 Å². The average molecular weight is 328 g/mol. The molecule has 4 heteroatoms. The van der Waals surface area contributed by atoms with Gasteiger partial charge in [-0.1, -0.05) is 12.8 Å². The molecule has 1 aromatic rings. The van der Waals surface area contributed by atoms with E-state index in [9.17, 15) is 0 Å². The first-order valence-corrected chi connectivity index (χ1v) is 7.57. The Morgan fingerprint density at radius 2 is 1.95 bits per heavy atom. The van der Waals surface area contributed by atoms with E-state index in [1.54, 1.807) is 14.2 Å². The molecule has 1 aliphatic heterocycles. The van der Waals surface area contributed by atoms with Crippen LogP contribution in [0.3, 0.4) is 0 Å². The van der Waals surface area contributed by atoms with Crippen LogP contribution < -0.4 is 14.8 Å². The molecule has 1 aromatic carbocycles. The van der Waals surface area contributed by atoms with Crippen molar-refractivity contribution in [2.24, 2.45) is 0 Å². The smallest absolute Gasteiger partial charge is 0.141 e. The minimum Gasteiger partial charge on any atom is -0.495 e. The quantitative estimate of drug-likeness (QED) is 0.914. The predicted octanol–water partition coefficient (Wildman–Crippen LogP) is 3.85. The van der Waals surface area contributed by atoms with Gasteiger partial charge in [0.2, 0.25) is 0 Å². The lowest BCUT2D eigenvalue weighted by Crippen LogP contribution is -2.39. The topological polar surface area (TPSA) is 30.5 Å². The second kappa shape index (κ2) is 6.14. The van der Waals surface area contributed by atoms with Crippen LogP contribution in [-0.2, 0) is 5.54 Å². The third-order valence-corrected chi connectivity index (χ3v) is 4.70. The molecule has 0 spiro atoms. The molecule has 0 saturated carbocycles. The largest absolute Gasteiger partial charge is 0.495 e. The summed E-state index contributed by atoms with van der Waals surface area (Å²) in [5.74, 6) is 1.68. The summed E-state index contributed by atoms with van der Waals surface area (Å²) in [5, 5.41) is 3.67. The lowest BCUT2D eigenvalue weighted by Gasteiger charge is -2.32. The Morgan fingerprint density at radius 3 is 2.63 bits per heavy atom. The Balaban J connectivity index is 2.45. The number of hydrogen-bond acceptors (Lipinski definition) is 3. The van der Waals surface area contributed by atoms with E-state index in [0.717, 1.165) is 28.9 Å². The van der Waals surface area contributed by atoms with Crippen molar-refractivity contribution in [3.05, 3.63) is 22.2 Å². The molecule has 3 nitrogen and oxygen atoms in total. The fourth-order valence-electron chi connectivity index (χ4n) is 2.79. The SMILES string of the molecule is COc1ccc(C2(C)CCCCCN2)c(OC)c1Br. The van der Waals surface area contributed by atoms with Crippen molar-refractivity contribution in [3.8, 4) is 11.5 Å². The van der Waals surface area contributed by atoms with Gasteiger partial charge in [-0.25, -0.2) is 0 Å². The van der Waals surface area contributed by atoms with Crippen molar-refractivity contribution in [2.45, 2.75) is 38.1 Å². The fourth-order valence-corrected chi connectivity index (χ4v) is 3.46. The van der Waals surface area contributed by atoms with Gasteiger partial charge in [-0.2, -0.15) is 0 Å². The minimum atomic E-state index is -0.0311. The van der Waals surface area contributed by atoms with Gasteiger partial charge < -0.3 is 14.8 Å². The standard InChI is InChI=1S/C15H22BrNO2/c1-15(9-5-4-6-10-17-15)11-7-8-12(18-2)13(16)14(11)19-3/h7-8,17H,4-6,9-10H2,1-3H3.